The molecule has 1 heterocycles. The first kappa shape index (κ1) is 14.2. The summed E-state index contributed by atoms with van der Waals surface area (Å²) in [5.41, 5.74) is 0.591. The average Bonchev–Trinajstić information content (AvgIpc) is 2.84. The van der Waals surface area contributed by atoms with Crippen molar-refractivity contribution < 1.29 is 9.90 Å². The average molecular weight is 262 g/mol. The molecular formula is C13H14N2O2S. The second kappa shape index (κ2) is 7.50. The van der Waals surface area contributed by atoms with E-state index in [-0.39, 0.29) is 12.5 Å². The fourth-order valence-corrected chi connectivity index (χ4v) is 2.01. The first-order valence-electron chi connectivity index (χ1n) is 5.49. The van der Waals surface area contributed by atoms with Gasteiger partial charge in [0.05, 0.1) is 29.5 Å². The summed E-state index contributed by atoms with van der Waals surface area (Å²) in [6, 6.07) is 3.74. The number of aliphatic hydroxyl groups excluding tert-OH is 1. The molecule has 0 fully saturated rings. The van der Waals surface area contributed by atoms with Crippen LogP contribution in [0.25, 0.3) is 0 Å². The fraction of sp³-hybridized carbons (Fsp3) is 0.385. The Morgan fingerprint density at radius 1 is 1.56 bits per heavy atom. The number of thiophene rings is 1. The minimum atomic E-state index is -0.100. The predicted octanol–water partition coefficient (Wildman–Crippen LogP) is 1.47. The molecule has 0 aliphatic rings. The molecular weight excluding hydrogens is 248 g/mol. The van der Waals surface area contributed by atoms with Crippen molar-refractivity contribution in [1.29, 1.82) is 5.26 Å². The fourth-order valence-electron chi connectivity index (χ4n) is 1.26. The van der Waals surface area contributed by atoms with Gasteiger partial charge in [-0.1, -0.05) is 11.8 Å². The van der Waals surface area contributed by atoms with Gasteiger partial charge in [0.15, 0.2) is 0 Å². The molecule has 1 N–H and O–H groups in total. The highest BCUT2D eigenvalue weighted by Crippen LogP contribution is 2.15. The lowest BCUT2D eigenvalue weighted by Crippen LogP contribution is -2.27. The van der Waals surface area contributed by atoms with Gasteiger partial charge >= 0.3 is 0 Å². The van der Waals surface area contributed by atoms with Crippen LogP contribution in [0.4, 0.5) is 0 Å². The zero-order valence-electron chi connectivity index (χ0n) is 10.1. The molecule has 0 unspecified atom stereocenters. The molecule has 0 saturated carbocycles. The number of carbonyl (C=O) groups excluding carboxylic acids is 1. The van der Waals surface area contributed by atoms with Crippen LogP contribution in [0, 0.1) is 23.2 Å². The maximum absolute atomic E-state index is 11.9. The van der Waals surface area contributed by atoms with E-state index in [0.717, 1.165) is 4.88 Å². The third-order valence-electron chi connectivity index (χ3n) is 2.20. The van der Waals surface area contributed by atoms with Crippen LogP contribution in [0.15, 0.2) is 11.4 Å². The first-order chi connectivity index (χ1) is 8.69. The zero-order valence-corrected chi connectivity index (χ0v) is 11.0. The van der Waals surface area contributed by atoms with E-state index in [9.17, 15) is 4.79 Å². The van der Waals surface area contributed by atoms with Crippen LogP contribution in [0.5, 0.6) is 0 Å². The number of aliphatic hydroxyl groups is 1. The minimum Gasteiger partial charge on any atom is -0.395 e. The van der Waals surface area contributed by atoms with Crippen LogP contribution in [0.3, 0.4) is 0 Å². The lowest BCUT2D eigenvalue weighted by Gasteiger charge is -2.13. The Kier molecular flexibility index (Phi) is 5.93. The second-order valence-electron chi connectivity index (χ2n) is 3.61. The molecule has 4 nitrogen and oxygen atoms in total. The smallest absolute Gasteiger partial charge is 0.254 e. The van der Waals surface area contributed by atoms with Gasteiger partial charge in [-0.3, -0.25) is 4.79 Å². The highest BCUT2D eigenvalue weighted by molar-refractivity contribution is 7.10. The van der Waals surface area contributed by atoms with Crippen LogP contribution in [0.1, 0.15) is 28.1 Å². The number of hydrogen-bond acceptors (Lipinski definition) is 4. The number of carbonyl (C=O) groups is 1. The Bertz CT molecular complexity index is 505. The van der Waals surface area contributed by atoms with Gasteiger partial charge in [-0.25, -0.2) is 0 Å². The van der Waals surface area contributed by atoms with E-state index in [0.29, 0.717) is 24.9 Å². The van der Waals surface area contributed by atoms with Crippen LogP contribution < -0.4 is 0 Å². The standard InChI is InChI=1S/C13H14N2O2S/c1-15(7-4-6-14)13(17)11-9-12(18-10-11)5-2-3-8-16/h9-10,16H,3-4,7-8H2,1H3. The van der Waals surface area contributed by atoms with Gasteiger partial charge in [0, 0.05) is 25.4 Å². The summed E-state index contributed by atoms with van der Waals surface area (Å²) < 4.78 is 0. The monoisotopic (exact) mass is 262 g/mol. The number of nitrogens with zero attached hydrogens (tertiary/aromatic N) is 2. The Balaban J connectivity index is 2.66. The number of amides is 1. The molecule has 1 aromatic rings. The van der Waals surface area contributed by atoms with Gasteiger partial charge in [0.2, 0.25) is 0 Å². The number of rotatable bonds is 4. The largest absolute Gasteiger partial charge is 0.395 e. The third kappa shape index (κ3) is 4.21. The summed E-state index contributed by atoms with van der Waals surface area (Å²) in [5.74, 6) is 5.60. The van der Waals surface area contributed by atoms with Crippen molar-refractivity contribution >= 4 is 17.2 Å². The van der Waals surface area contributed by atoms with Crippen molar-refractivity contribution in [2.75, 3.05) is 20.2 Å². The lowest BCUT2D eigenvalue weighted by atomic mass is 10.2. The van der Waals surface area contributed by atoms with Gasteiger partial charge < -0.3 is 10.0 Å². The van der Waals surface area contributed by atoms with E-state index < -0.39 is 0 Å². The van der Waals surface area contributed by atoms with Crippen LogP contribution in [-0.4, -0.2) is 36.1 Å². The molecule has 1 amide bonds. The maximum atomic E-state index is 11.9. The van der Waals surface area contributed by atoms with E-state index >= 15 is 0 Å². The summed E-state index contributed by atoms with van der Waals surface area (Å²) in [4.78, 5) is 14.3. The number of nitriles is 1. The van der Waals surface area contributed by atoms with Crippen molar-refractivity contribution in [3.05, 3.63) is 21.9 Å². The van der Waals surface area contributed by atoms with Crippen molar-refractivity contribution in [2.24, 2.45) is 0 Å². The summed E-state index contributed by atoms with van der Waals surface area (Å²) in [5, 5.41) is 18.8. The van der Waals surface area contributed by atoms with Crippen LogP contribution in [0.2, 0.25) is 0 Å². The van der Waals surface area contributed by atoms with Gasteiger partial charge in [0.1, 0.15) is 0 Å². The van der Waals surface area contributed by atoms with Crippen molar-refractivity contribution in [3.63, 3.8) is 0 Å². The van der Waals surface area contributed by atoms with E-state index in [2.05, 4.69) is 11.8 Å². The highest BCUT2D eigenvalue weighted by Gasteiger charge is 2.12. The molecule has 0 aromatic carbocycles. The van der Waals surface area contributed by atoms with Crippen molar-refractivity contribution in [1.82, 2.24) is 4.90 Å². The summed E-state index contributed by atoms with van der Waals surface area (Å²) >= 11 is 1.40. The maximum Gasteiger partial charge on any atom is 0.254 e. The van der Waals surface area contributed by atoms with E-state index in [1.807, 2.05) is 6.07 Å². The Hall–Kier alpha value is -1.82. The summed E-state index contributed by atoms with van der Waals surface area (Å²) in [6.45, 7) is 0.470. The van der Waals surface area contributed by atoms with Gasteiger partial charge in [-0.15, -0.1) is 11.3 Å². The number of hydrogen-bond donors (Lipinski definition) is 1. The zero-order chi connectivity index (χ0) is 13.4. The molecule has 94 valence electrons. The van der Waals surface area contributed by atoms with Gasteiger partial charge in [-0.2, -0.15) is 5.26 Å². The minimum absolute atomic E-state index is 0.0427. The SMILES string of the molecule is CN(CCC#N)C(=O)c1csc(C#CCCO)c1. The Morgan fingerprint density at radius 3 is 3.00 bits per heavy atom. The molecule has 0 saturated heterocycles. The van der Waals surface area contributed by atoms with Crippen molar-refractivity contribution in [2.45, 2.75) is 12.8 Å². The van der Waals surface area contributed by atoms with Gasteiger partial charge in [0.25, 0.3) is 5.91 Å². The molecule has 1 rings (SSSR count). The normalized spacial score (nSPS) is 9.17. The molecule has 0 spiro atoms. The van der Waals surface area contributed by atoms with Gasteiger partial charge in [-0.05, 0) is 6.07 Å². The van der Waals surface area contributed by atoms with Crippen LogP contribution >= 0.6 is 11.3 Å². The summed E-state index contributed by atoms with van der Waals surface area (Å²) in [6.07, 6.45) is 0.763. The lowest BCUT2D eigenvalue weighted by molar-refractivity contribution is 0.0798. The summed E-state index contributed by atoms with van der Waals surface area (Å²) in [7, 11) is 1.68. The molecule has 1 aromatic heterocycles. The third-order valence-corrected chi connectivity index (χ3v) is 3.05. The molecule has 0 bridgehead atoms. The quantitative estimate of drug-likeness (QED) is 0.836. The molecule has 0 atom stereocenters. The molecule has 5 heteroatoms. The first-order valence-corrected chi connectivity index (χ1v) is 6.37. The topological polar surface area (TPSA) is 64.3 Å². The Morgan fingerprint density at radius 2 is 2.33 bits per heavy atom. The predicted molar refractivity (Wildman–Crippen MR) is 70.1 cm³/mol. The van der Waals surface area contributed by atoms with Crippen LogP contribution in [-0.2, 0) is 0 Å². The molecule has 18 heavy (non-hydrogen) atoms. The van der Waals surface area contributed by atoms with Crippen molar-refractivity contribution in [3.8, 4) is 17.9 Å². The highest BCUT2D eigenvalue weighted by atomic mass is 32.1. The van der Waals surface area contributed by atoms with E-state index in [4.69, 9.17) is 10.4 Å². The molecule has 0 aliphatic heterocycles. The molecule has 0 radical (unpaired) electrons. The van der Waals surface area contributed by atoms with E-state index in [1.165, 1.54) is 16.2 Å². The molecule has 0 aliphatic carbocycles. The van der Waals surface area contributed by atoms with E-state index in [1.54, 1.807) is 18.5 Å². The Labute approximate surface area is 110 Å². The second-order valence-corrected chi connectivity index (χ2v) is 4.52.